The van der Waals surface area contributed by atoms with E-state index in [-0.39, 0.29) is 5.56 Å². The standard InChI is InChI=1S/C35H8F7N7/c36-33-31-22(29(19(10-44)11-45)27(24(31)14-48)16-2-1-3-21(6-16)34(37,38)39)8-23-30(20(12-46)13-47)28(25(15-49)32(23)33)17-4-5-18(9-43)26(7-17)35(40,41)42/h1-8H. The molecule has 0 unspecified atom stereocenters. The van der Waals surface area contributed by atoms with Crippen molar-refractivity contribution in [3.8, 4) is 42.5 Å². The minimum atomic E-state index is -5.08. The van der Waals surface area contributed by atoms with Gasteiger partial charge in [-0.3, -0.25) is 0 Å². The van der Waals surface area contributed by atoms with Gasteiger partial charge in [0.05, 0.1) is 33.9 Å². The van der Waals surface area contributed by atoms with Crippen LogP contribution < -0.4 is 0 Å². The monoisotopic (exact) mass is 659 g/mol. The highest BCUT2D eigenvalue weighted by molar-refractivity contribution is 6.30. The van der Waals surface area contributed by atoms with E-state index >= 15 is 4.39 Å². The van der Waals surface area contributed by atoms with Gasteiger partial charge in [0, 0.05) is 33.4 Å². The van der Waals surface area contributed by atoms with Crippen molar-refractivity contribution < 1.29 is 30.7 Å². The number of fused-ring (bicyclic) bond motifs is 2. The highest BCUT2D eigenvalue weighted by atomic mass is 19.4. The molecule has 0 atom stereocenters. The molecule has 0 amide bonds. The van der Waals surface area contributed by atoms with Crippen LogP contribution in [0.3, 0.4) is 0 Å². The van der Waals surface area contributed by atoms with Gasteiger partial charge < -0.3 is 0 Å². The van der Waals surface area contributed by atoms with Crippen molar-refractivity contribution in [1.29, 1.82) is 36.8 Å². The van der Waals surface area contributed by atoms with Crippen LogP contribution in [0.5, 0.6) is 0 Å². The van der Waals surface area contributed by atoms with Gasteiger partial charge in [-0.25, -0.2) is 4.39 Å². The number of benzene rings is 3. The van der Waals surface area contributed by atoms with E-state index in [9.17, 15) is 63.2 Å². The van der Waals surface area contributed by atoms with Crippen LogP contribution >= 0.6 is 0 Å². The molecular weight excluding hydrogens is 651 g/mol. The molecule has 0 fully saturated rings. The number of halogens is 7. The Morgan fingerprint density at radius 3 is 1.45 bits per heavy atom. The summed E-state index contributed by atoms with van der Waals surface area (Å²) in [6.45, 7) is 0. The molecule has 5 rings (SSSR count). The maximum Gasteiger partial charge on any atom is 0.417 e. The fourth-order valence-electron chi connectivity index (χ4n) is 5.78. The van der Waals surface area contributed by atoms with E-state index in [1.54, 1.807) is 36.4 Å². The maximum absolute atomic E-state index is 16.9. The summed E-state index contributed by atoms with van der Waals surface area (Å²) in [6, 6.07) is 17.7. The molecule has 3 aromatic carbocycles. The zero-order valence-electron chi connectivity index (χ0n) is 23.9. The van der Waals surface area contributed by atoms with Crippen LogP contribution in [0, 0.1) is 85.1 Å². The molecule has 232 valence electrons. The van der Waals surface area contributed by atoms with Gasteiger partial charge in [-0.15, -0.1) is 0 Å². The summed E-state index contributed by atoms with van der Waals surface area (Å²) in [5.74, 6) is -1.40. The highest BCUT2D eigenvalue weighted by Crippen LogP contribution is 2.56. The topological polar surface area (TPSA) is 167 Å². The van der Waals surface area contributed by atoms with Crippen molar-refractivity contribution in [2.24, 2.45) is 0 Å². The summed E-state index contributed by atoms with van der Waals surface area (Å²) in [6.07, 6.45) is -9.95. The summed E-state index contributed by atoms with van der Waals surface area (Å²) in [5.41, 5.74) is -11.1. The second-order valence-corrected chi connectivity index (χ2v) is 10.2. The van der Waals surface area contributed by atoms with Gasteiger partial charge in [0.1, 0.15) is 53.4 Å². The summed E-state index contributed by atoms with van der Waals surface area (Å²) >= 11 is 0. The van der Waals surface area contributed by atoms with Gasteiger partial charge in [-0.2, -0.15) is 63.2 Å². The number of allylic oxidation sites excluding steroid dienone is 8. The van der Waals surface area contributed by atoms with Crippen molar-refractivity contribution in [2.75, 3.05) is 0 Å². The Morgan fingerprint density at radius 2 is 1.04 bits per heavy atom. The molecule has 0 saturated carbocycles. The van der Waals surface area contributed by atoms with E-state index in [0.29, 0.717) is 18.2 Å². The molecule has 0 saturated heterocycles. The number of nitriles is 7. The minimum absolute atomic E-state index is 0.334. The van der Waals surface area contributed by atoms with E-state index in [2.05, 4.69) is 0 Å². The van der Waals surface area contributed by atoms with E-state index in [1.165, 1.54) is 6.07 Å². The lowest BCUT2D eigenvalue weighted by atomic mass is 9.88. The summed E-state index contributed by atoms with van der Waals surface area (Å²) < 4.78 is 99.7. The third kappa shape index (κ3) is 5.02. The van der Waals surface area contributed by atoms with Gasteiger partial charge in [-0.1, -0.05) is 18.2 Å². The van der Waals surface area contributed by atoms with E-state index in [1.807, 2.05) is 0 Å². The molecule has 3 aromatic rings. The van der Waals surface area contributed by atoms with E-state index in [0.717, 1.165) is 30.3 Å². The second kappa shape index (κ2) is 11.7. The second-order valence-electron chi connectivity index (χ2n) is 10.2. The first-order valence-corrected chi connectivity index (χ1v) is 13.3. The van der Waals surface area contributed by atoms with Gasteiger partial charge in [0.25, 0.3) is 0 Å². The lowest BCUT2D eigenvalue weighted by Gasteiger charge is -2.14. The molecule has 49 heavy (non-hydrogen) atoms. The fourth-order valence-corrected chi connectivity index (χ4v) is 5.78. The SMILES string of the molecule is N#CC(C#N)=C1C(c2cccc(C(F)(F)F)c2)=C(C#N)c2c1cc1c(c2F)C(C#N)=C(c2ccc(C#N)c(C(F)(F)F)c2)C1=C(C#N)C#N. The lowest BCUT2D eigenvalue weighted by molar-refractivity contribution is -0.138. The summed E-state index contributed by atoms with van der Waals surface area (Å²) in [4.78, 5) is 0. The molecule has 0 heterocycles. The van der Waals surface area contributed by atoms with Gasteiger partial charge in [0.2, 0.25) is 0 Å². The first-order valence-electron chi connectivity index (χ1n) is 13.3. The number of hydrogen-bond donors (Lipinski definition) is 0. The number of nitrogens with zero attached hydrogens (tertiary/aromatic N) is 7. The Bertz CT molecular complexity index is 2460. The van der Waals surface area contributed by atoms with Crippen molar-refractivity contribution in [3.63, 3.8) is 0 Å². The molecule has 2 aliphatic carbocycles. The Morgan fingerprint density at radius 1 is 0.551 bits per heavy atom. The zero-order chi connectivity index (χ0) is 36.0. The number of alkyl halides is 6. The van der Waals surface area contributed by atoms with Crippen LogP contribution in [0.1, 0.15) is 50.1 Å². The van der Waals surface area contributed by atoms with Gasteiger partial charge in [-0.05, 0) is 52.6 Å². The number of hydrogen-bond acceptors (Lipinski definition) is 7. The quantitative estimate of drug-likeness (QED) is 0.197. The maximum atomic E-state index is 16.9. The fraction of sp³-hybridized carbons (Fsp3) is 0.0571. The lowest BCUT2D eigenvalue weighted by Crippen LogP contribution is -2.08. The zero-order valence-corrected chi connectivity index (χ0v) is 23.9. The molecule has 0 radical (unpaired) electrons. The molecule has 0 aliphatic heterocycles. The highest BCUT2D eigenvalue weighted by Gasteiger charge is 2.42. The predicted molar refractivity (Wildman–Crippen MR) is 155 cm³/mol. The largest absolute Gasteiger partial charge is 0.417 e. The molecule has 0 N–H and O–H groups in total. The van der Waals surface area contributed by atoms with Crippen molar-refractivity contribution in [2.45, 2.75) is 12.4 Å². The average Bonchev–Trinajstić information content (AvgIpc) is 3.58. The molecule has 0 aromatic heterocycles. The van der Waals surface area contributed by atoms with Crippen LogP contribution in [0.2, 0.25) is 0 Å². The van der Waals surface area contributed by atoms with E-state index in [4.69, 9.17) is 0 Å². The Kier molecular flexibility index (Phi) is 7.89. The number of rotatable bonds is 2. The van der Waals surface area contributed by atoms with Crippen LogP contribution in [-0.2, 0) is 12.4 Å². The molecule has 0 spiro atoms. The first-order chi connectivity index (χ1) is 23.2. The van der Waals surface area contributed by atoms with Crippen molar-refractivity contribution >= 4 is 33.4 Å². The normalized spacial score (nSPS) is 13.2. The van der Waals surface area contributed by atoms with Crippen LogP contribution in [-0.4, -0.2) is 0 Å². The molecular formula is C35H8F7N7. The molecule has 2 aliphatic rings. The Balaban J connectivity index is 1.97. The smallest absolute Gasteiger partial charge is 0.206 e. The third-order valence-electron chi connectivity index (χ3n) is 7.69. The van der Waals surface area contributed by atoms with Crippen LogP contribution in [0.15, 0.2) is 59.7 Å². The van der Waals surface area contributed by atoms with Crippen LogP contribution in [0.25, 0.3) is 33.4 Å². The van der Waals surface area contributed by atoms with Gasteiger partial charge >= 0.3 is 12.4 Å². The van der Waals surface area contributed by atoms with Crippen molar-refractivity contribution in [1.82, 2.24) is 0 Å². The Labute approximate surface area is 271 Å². The molecule has 14 heteroatoms. The van der Waals surface area contributed by atoms with Crippen molar-refractivity contribution in [3.05, 3.63) is 116 Å². The van der Waals surface area contributed by atoms with Crippen LogP contribution in [0.4, 0.5) is 30.7 Å². The molecule has 0 bridgehead atoms. The average molecular weight is 659 g/mol. The summed E-state index contributed by atoms with van der Waals surface area (Å²) in [7, 11) is 0. The minimum Gasteiger partial charge on any atom is -0.206 e. The first kappa shape index (κ1) is 32.9. The van der Waals surface area contributed by atoms with Gasteiger partial charge in [0.15, 0.2) is 0 Å². The Hall–Kier alpha value is -7.44. The molecule has 7 nitrogen and oxygen atoms in total. The third-order valence-corrected chi connectivity index (χ3v) is 7.69. The van der Waals surface area contributed by atoms with E-state index < -0.39 is 107 Å². The predicted octanol–water partition coefficient (Wildman–Crippen LogP) is 8.23. The summed E-state index contributed by atoms with van der Waals surface area (Å²) in [5, 5.41) is 69.1.